The van der Waals surface area contributed by atoms with Crippen LogP contribution in [-0.2, 0) is 10.0 Å². The Morgan fingerprint density at radius 1 is 1.21 bits per heavy atom. The molecule has 1 aliphatic heterocycles. The summed E-state index contributed by atoms with van der Waals surface area (Å²) in [5.74, 6) is -0.371. The van der Waals surface area contributed by atoms with Crippen LogP contribution in [0.15, 0.2) is 23.1 Å². The molecular formula is C21H29N3O3S. The van der Waals surface area contributed by atoms with Crippen molar-refractivity contribution in [2.75, 3.05) is 6.54 Å². The molecule has 1 N–H and O–H groups in total. The zero-order valence-electron chi connectivity index (χ0n) is 16.7. The predicted octanol–water partition coefficient (Wildman–Crippen LogP) is 3.51. The Morgan fingerprint density at radius 3 is 2.57 bits per heavy atom. The Balaban J connectivity index is 1.89. The van der Waals surface area contributed by atoms with Crippen LogP contribution in [0.3, 0.4) is 0 Å². The molecule has 0 aromatic heterocycles. The van der Waals surface area contributed by atoms with Crippen LogP contribution in [0.4, 0.5) is 0 Å². The molecule has 1 aliphatic carbocycles. The van der Waals surface area contributed by atoms with E-state index in [0.717, 1.165) is 38.5 Å². The lowest BCUT2D eigenvalue weighted by molar-refractivity contribution is 0.0902. The molecule has 7 heteroatoms. The Bertz CT molecular complexity index is 883. The van der Waals surface area contributed by atoms with Crippen LogP contribution >= 0.6 is 0 Å². The van der Waals surface area contributed by atoms with Crippen molar-refractivity contribution in [2.24, 2.45) is 0 Å². The van der Waals surface area contributed by atoms with Gasteiger partial charge >= 0.3 is 0 Å². The van der Waals surface area contributed by atoms with Gasteiger partial charge in [0.25, 0.3) is 5.91 Å². The highest BCUT2D eigenvalue weighted by atomic mass is 32.2. The maximum atomic E-state index is 13.1. The number of sulfonamides is 1. The Labute approximate surface area is 168 Å². The van der Waals surface area contributed by atoms with Crippen LogP contribution in [0.1, 0.15) is 74.2 Å². The van der Waals surface area contributed by atoms with Crippen molar-refractivity contribution in [1.29, 1.82) is 5.26 Å². The highest BCUT2D eigenvalue weighted by Gasteiger charge is 2.35. The van der Waals surface area contributed by atoms with Gasteiger partial charge in [0.05, 0.1) is 11.0 Å². The van der Waals surface area contributed by atoms with Crippen LogP contribution in [0.5, 0.6) is 0 Å². The van der Waals surface area contributed by atoms with Crippen molar-refractivity contribution < 1.29 is 13.2 Å². The van der Waals surface area contributed by atoms with Gasteiger partial charge in [0.1, 0.15) is 5.54 Å². The summed E-state index contributed by atoms with van der Waals surface area (Å²) in [6.45, 7) is 4.23. The van der Waals surface area contributed by atoms with Gasteiger partial charge in [0.2, 0.25) is 10.0 Å². The van der Waals surface area contributed by atoms with Crippen LogP contribution in [-0.4, -0.2) is 36.8 Å². The van der Waals surface area contributed by atoms with Crippen LogP contribution < -0.4 is 5.32 Å². The van der Waals surface area contributed by atoms with Crippen LogP contribution in [0.2, 0.25) is 0 Å². The van der Waals surface area contributed by atoms with E-state index in [1.807, 2.05) is 6.92 Å². The maximum Gasteiger partial charge on any atom is 0.252 e. The van der Waals surface area contributed by atoms with Crippen molar-refractivity contribution in [2.45, 2.75) is 81.7 Å². The van der Waals surface area contributed by atoms with E-state index < -0.39 is 15.6 Å². The van der Waals surface area contributed by atoms with E-state index in [0.29, 0.717) is 30.5 Å². The van der Waals surface area contributed by atoms with Gasteiger partial charge in [-0.15, -0.1) is 0 Å². The number of benzene rings is 1. The first-order valence-corrected chi connectivity index (χ1v) is 11.6. The molecule has 1 saturated heterocycles. The fraction of sp³-hybridized carbons (Fsp3) is 0.619. The van der Waals surface area contributed by atoms with Gasteiger partial charge in [-0.1, -0.05) is 31.7 Å². The Morgan fingerprint density at radius 2 is 1.93 bits per heavy atom. The monoisotopic (exact) mass is 403 g/mol. The summed E-state index contributed by atoms with van der Waals surface area (Å²) in [7, 11) is -3.65. The van der Waals surface area contributed by atoms with Crippen molar-refractivity contribution in [1.82, 2.24) is 9.62 Å². The lowest BCUT2D eigenvalue weighted by Gasteiger charge is -2.33. The molecule has 0 bridgehead atoms. The molecular weight excluding hydrogens is 374 g/mol. The van der Waals surface area contributed by atoms with E-state index in [4.69, 9.17) is 0 Å². The van der Waals surface area contributed by atoms with Gasteiger partial charge in [0.15, 0.2) is 0 Å². The molecule has 1 aromatic rings. The van der Waals surface area contributed by atoms with E-state index in [1.54, 1.807) is 23.4 Å². The third-order valence-electron chi connectivity index (χ3n) is 6.08. The number of carbonyl (C=O) groups is 1. The van der Waals surface area contributed by atoms with Gasteiger partial charge in [-0.25, -0.2) is 8.42 Å². The minimum absolute atomic E-state index is 0.0403. The molecule has 2 fully saturated rings. The van der Waals surface area contributed by atoms with Gasteiger partial charge in [-0.2, -0.15) is 9.57 Å². The molecule has 3 rings (SSSR count). The van der Waals surface area contributed by atoms with Crippen LogP contribution in [0.25, 0.3) is 0 Å². The minimum Gasteiger partial charge on any atom is -0.334 e. The molecule has 1 heterocycles. The Kier molecular flexibility index (Phi) is 6.11. The lowest BCUT2D eigenvalue weighted by atomic mass is 9.82. The van der Waals surface area contributed by atoms with E-state index in [1.165, 1.54) is 6.07 Å². The summed E-state index contributed by atoms with van der Waals surface area (Å²) < 4.78 is 27.8. The maximum absolute atomic E-state index is 13.1. The highest BCUT2D eigenvalue weighted by molar-refractivity contribution is 7.89. The number of carbonyl (C=O) groups excluding carboxylic acids is 1. The van der Waals surface area contributed by atoms with Crippen molar-refractivity contribution >= 4 is 15.9 Å². The van der Waals surface area contributed by atoms with Gasteiger partial charge < -0.3 is 5.32 Å². The average Bonchev–Trinajstić information content (AvgIpc) is 2.69. The summed E-state index contributed by atoms with van der Waals surface area (Å²) >= 11 is 0. The molecule has 1 unspecified atom stereocenters. The summed E-state index contributed by atoms with van der Waals surface area (Å²) in [6.07, 6.45) is 6.90. The number of piperidine rings is 1. The number of hydrogen-bond donors (Lipinski definition) is 1. The molecule has 0 radical (unpaired) electrons. The number of nitriles is 1. The zero-order chi connectivity index (χ0) is 20.4. The van der Waals surface area contributed by atoms with E-state index in [9.17, 15) is 18.5 Å². The fourth-order valence-corrected chi connectivity index (χ4v) is 6.00. The van der Waals surface area contributed by atoms with Crippen molar-refractivity contribution in [3.63, 3.8) is 0 Å². The van der Waals surface area contributed by atoms with Crippen molar-refractivity contribution in [3.05, 3.63) is 29.3 Å². The third-order valence-corrected chi connectivity index (χ3v) is 8.09. The fourth-order valence-electron chi connectivity index (χ4n) is 4.28. The summed E-state index contributed by atoms with van der Waals surface area (Å²) in [6, 6.07) is 6.96. The van der Waals surface area contributed by atoms with Crippen LogP contribution in [0, 0.1) is 18.3 Å². The summed E-state index contributed by atoms with van der Waals surface area (Å²) in [5.41, 5.74) is 0.177. The first kappa shape index (κ1) is 20.8. The molecule has 6 nitrogen and oxygen atoms in total. The third kappa shape index (κ3) is 4.08. The Hall–Kier alpha value is -1.91. The van der Waals surface area contributed by atoms with Gasteiger partial charge in [-0.05, 0) is 57.2 Å². The average molecular weight is 404 g/mol. The minimum atomic E-state index is -3.65. The van der Waals surface area contributed by atoms with Crippen molar-refractivity contribution in [3.8, 4) is 6.07 Å². The number of rotatable bonds is 4. The number of aryl methyl sites for hydroxylation is 1. The molecule has 152 valence electrons. The summed E-state index contributed by atoms with van der Waals surface area (Å²) in [5, 5.41) is 12.5. The highest BCUT2D eigenvalue weighted by Crippen LogP contribution is 2.29. The first-order chi connectivity index (χ1) is 13.3. The molecule has 1 atom stereocenters. The summed E-state index contributed by atoms with van der Waals surface area (Å²) in [4.78, 5) is 13.1. The molecule has 1 saturated carbocycles. The normalized spacial score (nSPS) is 23.0. The zero-order valence-corrected chi connectivity index (χ0v) is 17.5. The molecule has 0 spiro atoms. The topological polar surface area (TPSA) is 90.3 Å². The van der Waals surface area contributed by atoms with Gasteiger partial charge in [-0.3, -0.25) is 4.79 Å². The molecule has 28 heavy (non-hydrogen) atoms. The molecule has 2 aliphatic rings. The molecule has 1 amide bonds. The second kappa shape index (κ2) is 8.22. The largest absolute Gasteiger partial charge is 0.334 e. The van der Waals surface area contributed by atoms with Gasteiger partial charge in [0, 0.05) is 18.2 Å². The second-order valence-corrected chi connectivity index (χ2v) is 10.0. The number of amides is 1. The second-order valence-electron chi connectivity index (χ2n) is 8.15. The SMILES string of the molecule is Cc1ccc(S(=O)(=O)N2CCCCC2C)cc1C(=O)NC1(C#N)CCCCC1. The standard InChI is InChI=1S/C21H29N3O3S/c1-16-9-10-18(28(26,27)24-13-7-4-8-17(24)2)14-19(16)20(25)23-21(15-22)11-5-3-6-12-21/h9-10,14,17H,3-8,11-13H2,1-2H3,(H,23,25). The number of nitrogens with one attached hydrogen (secondary N) is 1. The smallest absolute Gasteiger partial charge is 0.252 e. The first-order valence-electron chi connectivity index (χ1n) is 10.2. The van der Waals surface area contributed by atoms with E-state index >= 15 is 0 Å². The number of hydrogen-bond acceptors (Lipinski definition) is 4. The predicted molar refractivity (Wildman–Crippen MR) is 107 cm³/mol. The van der Waals surface area contributed by atoms with E-state index in [2.05, 4.69) is 11.4 Å². The number of nitrogens with zero attached hydrogens (tertiary/aromatic N) is 2. The lowest BCUT2D eigenvalue weighted by Crippen LogP contribution is -2.48. The quantitative estimate of drug-likeness (QED) is 0.833. The van der Waals surface area contributed by atoms with E-state index in [-0.39, 0.29) is 16.8 Å². The molecule has 1 aromatic carbocycles.